The van der Waals surface area contributed by atoms with Gasteiger partial charge in [-0.1, -0.05) is 22.0 Å². The molecule has 2 aromatic carbocycles. The third kappa shape index (κ3) is 4.29. The van der Waals surface area contributed by atoms with Crippen LogP contribution >= 0.6 is 15.9 Å². The van der Waals surface area contributed by atoms with Crippen LogP contribution in [0.3, 0.4) is 0 Å². The SMILES string of the molecule is COc1ccc(OC)c(Nc2ncnc(Nc3cccc(Br)c3)c2[N+](=O)[O-])c1. The van der Waals surface area contributed by atoms with Gasteiger partial charge in [0.05, 0.1) is 24.8 Å². The molecular formula is C18H16BrN5O4. The predicted octanol–water partition coefficient (Wildman–Crippen LogP) is 4.65. The maximum absolute atomic E-state index is 11.7. The van der Waals surface area contributed by atoms with E-state index in [1.54, 1.807) is 36.4 Å². The van der Waals surface area contributed by atoms with Crippen LogP contribution in [0.2, 0.25) is 0 Å². The van der Waals surface area contributed by atoms with E-state index in [4.69, 9.17) is 9.47 Å². The summed E-state index contributed by atoms with van der Waals surface area (Å²) in [4.78, 5) is 19.3. The van der Waals surface area contributed by atoms with Crippen molar-refractivity contribution in [1.29, 1.82) is 0 Å². The second kappa shape index (κ2) is 8.53. The lowest BCUT2D eigenvalue weighted by atomic mass is 10.2. The summed E-state index contributed by atoms with van der Waals surface area (Å²) in [6, 6.07) is 12.3. The van der Waals surface area contributed by atoms with Crippen molar-refractivity contribution in [2.24, 2.45) is 0 Å². The van der Waals surface area contributed by atoms with E-state index in [2.05, 4.69) is 36.5 Å². The van der Waals surface area contributed by atoms with Gasteiger partial charge in [0.2, 0.25) is 11.6 Å². The largest absolute Gasteiger partial charge is 0.497 e. The predicted molar refractivity (Wildman–Crippen MR) is 109 cm³/mol. The molecule has 0 aliphatic carbocycles. The quantitative estimate of drug-likeness (QED) is 0.399. The highest BCUT2D eigenvalue weighted by atomic mass is 79.9. The number of methoxy groups -OCH3 is 2. The van der Waals surface area contributed by atoms with Crippen molar-refractivity contribution in [3.05, 3.63) is 63.4 Å². The second-order valence-corrected chi connectivity index (χ2v) is 6.42. The van der Waals surface area contributed by atoms with Gasteiger partial charge in [-0.05, 0) is 30.3 Å². The summed E-state index contributed by atoms with van der Waals surface area (Å²) in [6.07, 6.45) is 1.24. The zero-order chi connectivity index (χ0) is 20.1. The van der Waals surface area contributed by atoms with Gasteiger partial charge in [0, 0.05) is 16.2 Å². The molecule has 0 atom stereocenters. The lowest BCUT2D eigenvalue weighted by Gasteiger charge is -2.13. The molecule has 2 N–H and O–H groups in total. The molecule has 0 spiro atoms. The van der Waals surface area contributed by atoms with Gasteiger partial charge in [-0.15, -0.1) is 0 Å². The second-order valence-electron chi connectivity index (χ2n) is 5.50. The first kappa shape index (κ1) is 19.4. The number of anilines is 4. The van der Waals surface area contributed by atoms with Gasteiger partial charge >= 0.3 is 5.69 Å². The molecule has 3 aromatic rings. The van der Waals surface area contributed by atoms with E-state index in [-0.39, 0.29) is 17.3 Å². The minimum atomic E-state index is -0.546. The zero-order valence-electron chi connectivity index (χ0n) is 15.0. The molecule has 0 saturated carbocycles. The molecule has 0 bridgehead atoms. The number of nitro groups is 1. The Kier molecular flexibility index (Phi) is 5.90. The van der Waals surface area contributed by atoms with Crippen molar-refractivity contribution >= 4 is 44.6 Å². The minimum Gasteiger partial charge on any atom is -0.497 e. The van der Waals surface area contributed by atoms with Gasteiger partial charge in [0.25, 0.3) is 0 Å². The highest BCUT2D eigenvalue weighted by Crippen LogP contribution is 2.37. The molecule has 0 aliphatic heterocycles. The molecule has 0 radical (unpaired) electrons. The number of nitrogens with one attached hydrogen (secondary N) is 2. The monoisotopic (exact) mass is 445 g/mol. The van der Waals surface area contributed by atoms with E-state index in [9.17, 15) is 10.1 Å². The highest BCUT2D eigenvalue weighted by molar-refractivity contribution is 9.10. The number of benzene rings is 2. The lowest BCUT2D eigenvalue weighted by molar-refractivity contribution is -0.383. The van der Waals surface area contributed by atoms with Crippen LogP contribution in [0.4, 0.5) is 28.7 Å². The summed E-state index contributed by atoms with van der Waals surface area (Å²) in [7, 11) is 3.03. The van der Waals surface area contributed by atoms with Crippen LogP contribution in [-0.4, -0.2) is 29.1 Å². The fourth-order valence-electron chi connectivity index (χ4n) is 2.48. The Bertz CT molecular complexity index is 1020. The summed E-state index contributed by atoms with van der Waals surface area (Å²) < 4.78 is 11.3. The average molecular weight is 446 g/mol. The van der Waals surface area contributed by atoms with Gasteiger partial charge in [0.15, 0.2) is 0 Å². The maximum Gasteiger partial charge on any atom is 0.353 e. The van der Waals surface area contributed by atoms with Crippen LogP contribution in [0, 0.1) is 10.1 Å². The third-order valence-electron chi connectivity index (χ3n) is 3.75. The summed E-state index contributed by atoms with van der Waals surface area (Å²) in [5, 5.41) is 17.6. The van der Waals surface area contributed by atoms with Crippen molar-refractivity contribution in [2.45, 2.75) is 0 Å². The van der Waals surface area contributed by atoms with Crippen LogP contribution < -0.4 is 20.1 Å². The Hall–Kier alpha value is -3.40. The topological polar surface area (TPSA) is 111 Å². The molecule has 0 amide bonds. The standard InChI is InChI=1S/C18H16BrN5O4/c1-27-13-6-7-15(28-2)14(9-13)23-18-16(24(25)26)17(20-10-21-18)22-12-5-3-4-11(19)8-12/h3-10H,1-2H3,(H2,20,21,22,23). The number of ether oxygens (including phenoxy) is 2. The fourth-order valence-corrected chi connectivity index (χ4v) is 2.88. The maximum atomic E-state index is 11.7. The van der Waals surface area contributed by atoms with Crippen molar-refractivity contribution in [2.75, 3.05) is 24.9 Å². The Morgan fingerprint density at radius 3 is 2.43 bits per heavy atom. The number of rotatable bonds is 7. The van der Waals surface area contributed by atoms with E-state index >= 15 is 0 Å². The Labute approximate surface area is 169 Å². The first-order chi connectivity index (χ1) is 13.5. The smallest absolute Gasteiger partial charge is 0.353 e. The van der Waals surface area contributed by atoms with Crippen LogP contribution in [-0.2, 0) is 0 Å². The fraction of sp³-hybridized carbons (Fsp3) is 0.111. The van der Waals surface area contributed by atoms with E-state index < -0.39 is 4.92 Å². The number of nitrogens with zero attached hydrogens (tertiary/aromatic N) is 3. The van der Waals surface area contributed by atoms with Gasteiger partial charge in [-0.25, -0.2) is 9.97 Å². The van der Waals surface area contributed by atoms with Crippen molar-refractivity contribution in [3.8, 4) is 11.5 Å². The molecule has 0 saturated heterocycles. The average Bonchev–Trinajstić information content (AvgIpc) is 2.68. The van der Waals surface area contributed by atoms with E-state index in [1.807, 2.05) is 6.07 Å². The Morgan fingerprint density at radius 2 is 1.79 bits per heavy atom. The van der Waals surface area contributed by atoms with Crippen LogP contribution in [0.1, 0.15) is 0 Å². The molecule has 10 heteroatoms. The molecule has 9 nitrogen and oxygen atoms in total. The highest BCUT2D eigenvalue weighted by Gasteiger charge is 2.24. The Balaban J connectivity index is 2.01. The van der Waals surface area contributed by atoms with Crippen LogP contribution in [0.25, 0.3) is 0 Å². The molecule has 1 aromatic heterocycles. The number of halogens is 1. The van der Waals surface area contributed by atoms with Gasteiger partial charge < -0.3 is 20.1 Å². The molecule has 0 fully saturated rings. The Morgan fingerprint density at radius 1 is 1.04 bits per heavy atom. The first-order valence-electron chi connectivity index (χ1n) is 8.03. The van der Waals surface area contributed by atoms with E-state index in [0.717, 1.165) is 4.47 Å². The summed E-state index contributed by atoms with van der Waals surface area (Å²) >= 11 is 3.37. The number of hydrogen-bond donors (Lipinski definition) is 2. The molecule has 0 aliphatic rings. The van der Waals surface area contributed by atoms with Crippen molar-refractivity contribution in [3.63, 3.8) is 0 Å². The molecule has 144 valence electrons. The lowest BCUT2D eigenvalue weighted by Crippen LogP contribution is -2.06. The molecule has 28 heavy (non-hydrogen) atoms. The van der Waals surface area contributed by atoms with E-state index in [1.165, 1.54) is 20.5 Å². The normalized spacial score (nSPS) is 10.2. The van der Waals surface area contributed by atoms with Crippen LogP contribution in [0.5, 0.6) is 11.5 Å². The number of hydrogen-bond acceptors (Lipinski definition) is 8. The summed E-state index contributed by atoms with van der Waals surface area (Å²) in [6.45, 7) is 0. The van der Waals surface area contributed by atoms with Crippen molar-refractivity contribution < 1.29 is 14.4 Å². The van der Waals surface area contributed by atoms with Gasteiger partial charge in [-0.2, -0.15) is 0 Å². The molecular weight excluding hydrogens is 430 g/mol. The van der Waals surface area contributed by atoms with Crippen molar-refractivity contribution in [1.82, 2.24) is 9.97 Å². The van der Waals surface area contributed by atoms with Crippen LogP contribution in [0.15, 0.2) is 53.3 Å². The van der Waals surface area contributed by atoms with Gasteiger partial charge in [0.1, 0.15) is 17.8 Å². The molecule has 0 unspecified atom stereocenters. The molecule has 1 heterocycles. The van der Waals surface area contributed by atoms with E-state index in [0.29, 0.717) is 22.9 Å². The minimum absolute atomic E-state index is 0.0176. The van der Waals surface area contributed by atoms with Gasteiger partial charge in [-0.3, -0.25) is 10.1 Å². The zero-order valence-corrected chi connectivity index (χ0v) is 16.6. The molecule has 3 rings (SSSR count). The summed E-state index contributed by atoms with van der Waals surface area (Å²) in [5.41, 5.74) is 0.811. The third-order valence-corrected chi connectivity index (χ3v) is 4.25. The first-order valence-corrected chi connectivity index (χ1v) is 8.82. The summed E-state index contributed by atoms with van der Waals surface area (Å²) in [5.74, 6) is 1.12. The number of aromatic nitrogens is 2.